The van der Waals surface area contributed by atoms with Gasteiger partial charge in [0.15, 0.2) is 20.6 Å². The van der Waals surface area contributed by atoms with Crippen molar-refractivity contribution in [1.82, 2.24) is 20.4 Å². The highest BCUT2D eigenvalue weighted by Crippen LogP contribution is 2.32. The average Bonchev–Trinajstić information content (AvgIpc) is 3.21. The molecule has 0 atom stereocenters. The highest BCUT2D eigenvalue weighted by Gasteiger charge is 2.38. The minimum atomic E-state index is -5.05. The van der Waals surface area contributed by atoms with Gasteiger partial charge in [0, 0.05) is 18.4 Å². The van der Waals surface area contributed by atoms with Gasteiger partial charge in [-0.3, -0.25) is 10.2 Å². The molecule has 0 unspecified atom stereocenters. The van der Waals surface area contributed by atoms with Gasteiger partial charge in [0.05, 0.1) is 15.6 Å². The minimum Gasteiger partial charge on any atom is -0.463 e. The molecule has 0 spiro atoms. The van der Waals surface area contributed by atoms with E-state index in [9.17, 15) is 26.4 Å². The molecule has 1 aromatic carbocycles. The third kappa shape index (κ3) is 7.75. The Hall–Kier alpha value is -2.55. The third-order valence-electron chi connectivity index (χ3n) is 4.08. The molecule has 2 N–H and O–H groups in total. The molecule has 1 heterocycles. The zero-order valence-electron chi connectivity index (χ0n) is 18.2. The zero-order valence-corrected chi connectivity index (χ0v) is 20.6. The van der Waals surface area contributed by atoms with Gasteiger partial charge >= 0.3 is 12.1 Å². The van der Waals surface area contributed by atoms with E-state index in [4.69, 9.17) is 21.7 Å². The molecule has 0 bridgehead atoms. The quantitative estimate of drug-likeness (QED) is 0.349. The van der Waals surface area contributed by atoms with Crippen molar-refractivity contribution in [3.63, 3.8) is 0 Å². The molecule has 0 saturated carbocycles. The lowest BCUT2D eigenvalue weighted by Gasteiger charge is -2.14. The number of rotatable bonds is 10. The van der Waals surface area contributed by atoms with Crippen LogP contribution in [0.1, 0.15) is 5.01 Å². The lowest BCUT2D eigenvalue weighted by Crippen LogP contribution is -2.29. The van der Waals surface area contributed by atoms with Crippen LogP contribution in [0.15, 0.2) is 34.2 Å². The van der Waals surface area contributed by atoms with Crippen LogP contribution in [0.5, 0.6) is 0 Å². The first-order chi connectivity index (χ1) is 15.7. The third-order valence-corrected chi connectivity index (χ3v) is 6.56. The second-order valence-electron chi connectivity index (χ2n) is 7.15. The maximum Gasteiger partial charge on any atom is 0.434 e. The number of nitrogens with zero attached hydrogens (tertiary/aromatic N) is 3. The van der Waals surface area contributed by atoms with Crippen LogP contribution < -0.4 is 5.32 Å². The van der Waals surface area contributed by atoms with Crippen molar-refractivity contribution in [1.29, 1.82) is 5.41 Å². The molecule has 186 valence electrons. The van der Waals surface area contributed by atoms with Gasteiger partial charge in [0.1, 0.15) is 18.2 Å². The predicted molar refractivity (Wildman–Crippen MR) is 123 cm³/mol. The van der Waals surface area contributed by atoms with Gasteiger partial charge in [0.25, 0.3) is 0 Å². The van der Waals surface area contributed by atoms with Crippen LogP contribution in [0.4, 0.5) is 13.2 Å². The van der Waals surface area contributed by atoms with Gasteiger partial charge in [-0.05, 0) is 26.2 Å². The molecule has 15 heteroatoms. The first-order valence-corrected chi connectivity index (χ1v) is 12.5. The Kier molecular flexibility index (Phi) is 9.16. The smallest absolute Gasteiger partial charge is 0.434 e. The van der Waals surface area contributed by atoms with E-state index in [1.807, 2.05) is 0 Å². The Morgan fingerprint density at radius 2 is 1.97 bits per heavy atom. The van der Waals surface area contributed by atoms with Crippen molar-refractivity contribution in [3.8, 4) is 10.6 Å². The van der Waals surface area contributed by atoms with Crippen LogP contribution in [0.3, 0.4) is 0 Å². The first kappa shape index (κ1) is 27.7. The van der Waals surface area contributed by atoms with Crippen LogP contribution in [-0.4, -0.2) is 81.4 Å². The predicted octanol–water partition coefficient (Wildman–Crippen LogP) is 2.79. The zero-order chi connectivity index (χ0) is 25.7. The van der Waals surface area contributed by atoms with E-state index in [0.717, 1.165) is 17.6 Å². The Morgan fingerprint density at radius 3 is 2.56 bits per heavy atom. The maximum absolute atomic E-state index is 13.1. The number of sulfone groups is 1. The summed E-state index contributed by atoms with van der Waals surface area (Å²) in [6.07, 6.45) is -4.02. The maximum atomic E-state index is 13.1. The molecule has 2 aromatic rings. The van der Waals surface area contributed by atoms with Crippen LogP contribution in [0.25, 0.3) is 16.3 Å². The summed E-state index contributed by atoms with van der Waals surface area (Å²) in [7, 11) is 0.0348. The Morgan fingerprint density at radius 1 is 1.29 bits per heavy atom. The molecule has 0 aliphatic carbocycles. The van der Waals surface area contributed by atoms with Crippen molar-refractivity contribution in [2.24, 2.45) is 0 Å². The molecule has 0 aliphatic rings. The number of nitrogens with one attached hydrogen (secondary N) is 2. The second-order valence-corrected chi connectivity index (χ2v) is 10.5. The van der Waals surface area contributed by atoms with E-state index in [1.54, 1.807) is 25.1 Å². The second kappa shape index (κ2) is 11.3. The minimum absolute atomic E-state index is 0.0213. The van der Waals surface area contributed by atoms with Gasteiger partial charge in [-0.2, -0.15) is 13.2 Å². The van der Waals surface area contributed by atoms with Crippen molar-refractivity contribution in [2.45, 2.75) is 11.1 Å². The average molecular weight is 540 g/mol. The van der Waals surface area contributed by atoms with Gasteiger partial charge in [-0.25, -0.2) is 8.42 Å². The van der Waals surface area contributed by atoms with Crippen molar-refractivity contribution in [2.75, 3.05) is 40.0 Å². The molecular formula is C19H21ClF3N5O4S2. The van der Waals surface area contributed by atoms with E-state index >= 15 is 0 Å². The molecule has 0 saturated heterocycles. The number of carbonyl (C=O) groups excluding carboxylic acids is 1. The molecule has 0 aliphatic heterocycles. The molecule has 0 radical (unpaired) electrons. The van der Waals surface area contributed by atoms with Gasteiger partial charge < -0.3 is 15.0 Å². The molecule has 1 aromatic heterocycles. The number of likely N-dealkylation sites (N-methyl/N-ethyl adjacent to an activating group) is 1. The number of carbonyl (C=O) groups is 1. The molecule has 2 rings (SSSR count). The summed E-state index contributed by atoms with van der Waals surface area (Å²) in [4.78, 5) is 13.8. The number of benzene rings is 1. The lowest BCUT2D eigenvalue weighted by atomic mass is 10.2. The number of ether oxygens (including phenoxy) is 1. The molecule has 34 heavy (non-hydrogen) atoms. The van der Waals surface area contributed by atoms with Crippen LogP contribution >= 0.6 is 22.9 Å². The number of allylic oxidation sites excluding steroid dienone is 1. The standard InChI is InChI=1S/C19H21ClF3N5O4S2/c1-28(2)7-8-32-13(29)10-25-15(14(20)16(24)19(21,22)23)18-27-26-17(33-18)11-5-4-6-12(9-11)34(3,30)31/h4-6,9,24-25H,7-8,10H2,1-3H3/b15-14+,24-16?. The fourth-order valence-electron chi connectivity index (χ4n) is 2.35. The van der Waals surface area contributed by atoms with Crippen molar-refractivity contribution >= 4 is 50.2 Å². The van der Waals surface area contributed by atoms with E-state index in [1.165, 1.54) is 18.2 Å². The number of hydrogen-bond donors (Lipinski definition) is 2. The van der Waals surface area contributed by atoms with Crippen LogP contribution in [0.2, 0.25) is 0 Å². The van der Waals surface area contributed by atoms with E-state index in [-0.39, 0.29) is 21.5 Å². The lowest BCUT2D eigenvalue weighted by molar-refractivity contribution is -0.142. The molecule has 0 fully saturated rings. The number of hydrogen-bond acceptors (Lipinski definition) is 10. The number of esters is 1. The summed E-state index contributed by atoms with van der Waals surface area (Å²) in [5, 5.41) is 16.6. The largest absolute Gasteiger partial charge is 0.463 e. The van der Waals surface area contributed by atoms with E-state index < -0.39 is 45.0 Å². The molecule has 0 amide bonds. The van der Waals surface area contributed by atoms with Crippen molar-refractivity contribution in [3.05, 3.63) is 34.3 Å². The number of alkyl halides is 3. The summed E-state index contributed by atoms with van der Waals surface area (Å²) >= 11 is 6.66. The Labute approximate surface area is 203 Å². The normalized spacial score (nSPS) is 12.9. The highest BCUT2D eigenvalue weighted by atomic mass is 35.5. The van der Waals surface area contributed by atoms with E-state index in [2.05, 4.69) is 15.5 Å². The van der Waals surface area contributed by atoms with E-state index in [0.29, 0.717) is 12.1 Å². The summed E-state index contributed by atoms with van der Waals surface area (Å²) < 4.78 is 67.9. The summed E-state index contributed by atoms with van der Waals surface area (Å²) in [6.45, 7) is -0.0267. The first-order valence-electron chi connectivity index (χ1n) is 9.44. The Bertz CT molecular complexity index is 1200. The molecule has 9 nitrogen and oxygen atoms in total. The van der Waals surface area contributed by atoms with Gasteiger partial charge in [-0.15, -0.1) is 10.2 Å². The number of aromatic nitrogens is 2. The topological polar surface area (TPSA) is 125 Å². The van der Waals surface area contributed by atoms with Gasteiger partial charge in [0.2, 0.25) is 0 Å². The SMILES string of the molecule is CN(C)CCOC(=O)CN/C(=C(/Cl)C(=N)C(F)(F)F)c1nnc(-c2cccc(S(C)(=O)=O)c2)s1. The molecular weight excluding hydrogens is 519 g/mol. The Balaban J connectivity index is 2.37. The fourth-order valence-corrected chi connectivity index (χ4v) is 4.20. The fraction of sp³-hybridized carbons (Fsp3) is 0.368. The summed E-state index contributed by atoms with van der Waals surface area (Å²) in [5.41, 5.74) is -1.92. The summed E-state index contributed by atoms with van der Waals surface area (Å²) in [6, 6.07) is 5.77. The summed E-state index contributed by atoms with van der Waals surface area (Å²) in [5.74, 6) is -0.757. The van der Waals surface area contributed by atoms with Crippen LogP contribution in [0, 0.1) is 5.41 Å². The number of halogens is 4. The van der Waals surface area contributed by atoms with Crippen LogP contribution in [-0.2, 0) is 19.4 Å². The monoisotopic (exact) mass is 539 g/mol. The van der Waals surface area contributed by atoms with Crippen molar-refractivity contribution < 1.29 is 31.1 Å². The highest BCUT2D eigenvalue weighted by molar-refractivity contribution is 7.90. The van der Waals surface area contributed by atoms with Gasteiger partial charge in [-0.1, -0.05) is 35.1 Å².